The molecular formula is C20H18FN3O3S. The van der Waals surface area contributed by atoms with Crippen molar-refractivity contribution in [2.45, 2.75) is 20.0 Å². The maximum Gasteiger partial charge on any atom is 0.269 e. The fourth-order valence-corrected chi connectivity index (χ4v) is 2.96. The number of hydrogen-bond donors (Lipinski definition) is 2. The molecule has 0 fully saturated rings. The number of nitrogens with one attached hydrogen (secondary N) is 2. The highest BCUT2D eigenvalue weighted by Crippen LogP contribution is 2.15. The van der Waals surface area contributed by atoms with E-state index in [9.17, 15) is 14.0 Å². The molecular weight excluding hydrogens is 381 g/mol. The number of aryl methyl sites for hydroxylation is 1. The average Bonchev–Trinajstić information content (AvgIpc) is 3.12. The van der Waals surface area contributed by atoms with Gasteiger partial charge >= 0.3 is 0 Å². The monoisotopic (exact) mass is 399 g/mol. The second kappa shape index (κ2) is 9.09. The zero-order chi connectivity index (χ0) is 19.9. The van der Waals surface area contributed by atoms with E-state index in [4.69, 9.17) is 4.74 Å². The van der Waals surface area contributed by atoms with E-state index in [0.717, 1.165) is 10.7 Å². The van der Waals surface area contributed by atoms with Gasteiger partial charge in [-0.2, -0.15) is 0 Å². The van der Waals surface area contributed by atoms with Gasteiger partial charge in [-0.05, 0) is 48.9 Å². The Bertz CT molecular complexity index is 956. The Kier molecular flexibility index (Phi) is 6.33. The molecule has 0 saturated carbocycles. The van der Waals surface area contributed by atoms with Crippen LogP contribution in [0.3, 0.4) is 0 Å². The Labute approximate surface area is 165 Å². The molecule has 0 aliphatic rings. The second-order valence-corrected chi connectivity index (χ2v) is 7.04. The quantitative estimate of drug-likeness (QED) is 0.624. The van der Waals surface area contributed by atoms with E-state index in [2.05, 4.69) is 15.8 Å². The van der Waals surface area contributed by atoms with Crippen molar-refractivity contribution in [3.8, 4) is 5.75 Å². The maximum atomic E-state index is 12.9. The average molecular weight is 399 g/mol. The zero-order valence-electron chi connectivity index (χ0n) is 15.1. The summed E-state index contributed by atoms with van der Waals surface area (Å²) in [6.45, 7) is 2.29. The van der Waals surface area contributed by atoms with E-state index in [1.165, 1.54) is 24.3 Å². The lowest BCUT2D eigenvalue weighted by molar-refractivity contribution is -0.121. The van der Waals surface area contributed by atoms with Crippen molar-refractivity contribution >= 4 is 23.2 Å². The van der Waals surface area contributed by atoms with E-state index < -0.39 is 11.8 Å². The predicted molar refractivity (Wildman–Crippen MR) is 103 cm³/mol. The van der Waals surface area contributed by atoms with Crippen LogP contribution < -0.4 is 15.6 Å². The molecule has 0 spiro atoms. The molecule has 0 aliphatic carbocycles. The van der Waals surface area contributed by atoms with Crippen LogP contribution in [-0.2, 0) is 17.8 Å². The van der Waals surface area contributed by atoms with E-state index in [1.54, 1.807) is 35.6 Å². The van der Waals surface area contributed by atoms with E-state index in [0.29, 0.717) is 23.5 Å². The molecule has 144 valence electrons. The van der Waals surface area contributed by atoms with E-state index >= 15 is 0 Å². The highest BCUT2D eigenvalue weighted by Gasteiger charge is 2.09. The van der Waals surface area contributed by atoms with Gasteiger partial charge in [0, 0.05) is 10.9 Å². The van der Waals surface area contributed by atoms with E-state index in [-0.39, 0.29) is 12.2 Å². The fraction of sp³-hybridized carbons (Fsp3) is 0.150. The third kappa shape index (κ3) is 5.62. The lowest BCUT2D eigenvalue weighted by Crippen LogP contribution is -2.42. The molecule has 0 aliphatic heterocycles. The first-order valence-electron chi connectivity index (χ1n) is 8.47. The van der Waals surface area contributed by atoms with Crippen molar-refractivity contribution in [2.75, 3.05) is 0 Å². The molecule has 28 heavy (non-hydrogen) atoms. The van der Waals surface area contributed by atoms with Crippen molar-refractivity contribution in [3.63, 3.8) is 0 Å². The molecule has 2 N–H and O–H groups in total. The number of thiazole rings is 1. The highest BCUT2D eigenvalue weighted by molar-refractivity contribution is 7.09. The zero-order valence-corrected chi connectivity index (χ0v) is 15.9. The summed E-state index contributed by atoms with van der Waals surface area (Å²) in [6, 6.07) is 12.1. The van der Waals surface area contributed by atoms with Crippen LogP contribution >= 0.6 is 11.3 Å². The van der Waals surface area contributed by atoms with Crippen molar-refractivity contribution in [1.82, 2.24) is 15.8 Å². The molecule has 2 amide bonds. The number of rotatable bonds is 6. The topological polar surface area (TPSA) is 80.3 Å². The number of benzene rings is 2. The first-order valence-corrected chi connectivity index (χ1v) is 9.35. The van der Waals surface area contributed by atoms with Crippen molar-refractivity contribution < 1.29 is 18.7 Å². The smallest absolute Gasteiger partial charge is 0.269 e. The molecule has 1 aromatic heterocycles. The first kappa shape index (κ1) is 19.5. The molecule has 3 aromatic rings. The molecule has 0 radical (unpaired) electrons. The largest absolute Gasteiger partial charge is 0.487 e. The number of hydrogen-bond acceptors (Lipinski definition) is 5. The van der Waals surface area contributed by atoms with Gasteiger partial charge in [0.05, 0.1) is 17.1 Å². The highest BCUT2D eigenvalue weighted by atomic mass is 32.1. The third-order valence-electron chi connectivity index (χ3n) is 3.76. The van der Waals surface area contributed by atoms with Gasteiger partial charge < -0.3 is 4.74 Å². The normalized spacial score (nSPS) is 10.4. The van der Waals surface area contributed by atoms with Gasteiger partial charge in [-0.3, -0.25) is 20.4 Å². The van der Waals surface area contributed by atoms with Crippen LogP contribution in [0.5, 0.6) is 5.75 Å². The van der Waals surface area contributed by atoms with Crippen LogP contribution in [0.2, 0.25) is 0 Å². The molecule has 3 rings (SSSR count). The Hall–Kier alpha value is -3.26. The van der Waals surface area contributed by atoms with Crippen LogP contribution in [0.1, 0.15) is 26.6 Å². The molecule has 0 bridgehead atoms. The van der Waals surface area contributed by atoms with Gasteiger partial charge in [-0.25, -0.2) is 9.37 Å². The van der Waals surface area contributed by atoms with Gasteiger partial charge in [0.1, 0.15) is 18.2 Å². The number of aromatic nitrogens is 1. The summed E-state index contributed by atoms with van der Waals surface area (Å²) in [7, 11) is 0. The molecule has 1 heterocycles. The summed E-state index contributed by atoms with van der Waals surface area (Å²) in [5.41, 5.74) is 6.56. The van der Waals surface area contributed by atoms with Crippen LogP contribution in [-0.4, -0.2) is 16.8 Å². The Morgan fingerprint density at radius 2 is 1.79 bits per heavy atom. The van der Waals surface area contributed by atoms with Crippen LogP contribution in [0, 0.1) is 12.7 Å². The molecule has 6 nitrogen and oxygen atoms in total. The summed E-state index contributed by atoms with van der Waals surface area (Å²) in [5, 5.41) is 2.92. The number of ether oxygens (including phenoxy) is 1. The Morgan fingerprint density at radius 3 is 2.43 bits per heavy atom. The minimum absolute atomic E-state index is 0.0312. The van der Waals surface area contributed by atoms with Gasteiger partial charge in [0.25, 0.3) is 5.91 Å². The fourth-order valence-electron chi connectivity index (χ4n) is 2.36. The SMILES string of the molecule is Cc1nc(COc2ccc(C(=O)NNC(=O)Cc3ccc(F)cc3)cc2)cs1. The lowest BCUT2D eigenvalue weighted by Gasteiger charge is -2.09. The number of hydrazine groups is 1. The molecule has 8 heteroatoms. The summed E-state index contributed by atoms with van der Waals surface area (Å²) < 4.78 is 18.5. The van der Waals surface area contributed by atoms with Crippen LogP contribution in [0.4, 0.5) is 4.39 Å². The van der Waals surface area contributed by atoms with Gasteiger partial charge in [-0.1, -0.05) is 12.1 Å². The summed E-state index contributed by atoms with van der Waals surface area (Å²) in [5.74, 6) is -0.610. The second-order valence-electron chi connectivity index (χ2n) is 5.98. The third-order valence-corrected chi connectivity index (χ3v) is 4.59. The number of carbonyl (C=O) groups excluding carboxylic acids is 2. The minimum Gasteiger partial charge on any atom is -0.487 e. The maximum absolute atomic E-state index is 12.9. The standard InChI is InChI=1S/C20H18FN3O3S/c1-13-22-17(12-28-13)11-27-18-8-4-15(5-9-18)20(26)24-23-19(25)10-14-2-6-16(21)7-3-14/h2-9,12H,10-11H2,1H3,(H,23,25)(H,24,26). The molecule has 0 unspecified atom stereocenters. The predicted octanol–water partition coefficient (Wildman–Crippen LogP) is 3.17. The number of amides is 2. The van der Waals surface area contributed by atoms with E-state index in [1.807, 2.05) is 12.3 Å². The minimum atomic E-state index is -0.450. The van der Waals surface area contributed by atoms with Gasteiger partial charge in [0.2, 0.25) is 5.91 Å². The van der Waals surface area contributed by atoms with Crippen molar-refractivity contribution in [2.24, 2.45) is 0 Å². The molecule has 2 aromatic carbocycles. The van der Waals surface area contributed by atoms with Crippen molar-refractivity contribution in [1.29, 1.82) is 0 Å². The summed E-state index contributed by atoms with van der Waals surface area (Å²) in [6.07, 6.45) is 0.0312. The number of halogens is 1. The van der Waals surface area contributed by atoms with Crippen LogP contribution in [0.25, 0.3) is 0 Å². The first-order chi connectivity index (χ1) is 13.5. The number of carbonyl (C=O) groups is 2. The number of nitrogens with zero attached hydrogens (tertiary/aromatic N) is 1. The van der Waals surface area contributed by atoms with Crippen molar-refractivity contribution in [3.05, 3.63) is 81.6 Å². The molecule has 0 atom stereocenters. The van der Waals surface area contributed by atoms with Gasteiger partial charge in [-0.15, -0.1) is 11.3 Å². The van der Waals surface area contributed by atoms with Gasteiger partial charge in [0.15, 0.2) is 0 Å². The Balaban J connectivity index is 1.46. The summed E-state index contributed by atoms with van der Waals surface area (Å²) >= 11 is 1.56. The lowest BCUT2D eigenvalue weighted by atomic mass is 10.1. The Morgan fingerprint density at radius 1 is 1.07 bits per heavy atom. The molecule has 0 saturated heterocycles. The summed E-state index contributed by atoms with van der Waals surface area (Å²) in [4.78, 5) is 28.3. The van der Waals surface area contributed by atoms with Crippen LogP contribution in [0.15, 0.2) is 53.9 Å².